The first kappa shape index (κ1) is 34.4. The number of hydrogen-bond acceptors (Lipinski definition) is 11. The van der Waals surface area contributed by atoms with E-state index >= 15 is 0 Å². The molecule has 0 aliphatic carbocycles. The molecule has 4 atom stereocenters. The Bertz CT molecular complexity index is 1220. The van der Waals surface area contributed by atoms with Crippen LogP contribution in [0.3, 0.4) is 0 Å². The van der Waals surface area contributed by atoms with Gasteiger partial charge in [0.05, 0.1) is 50.1 Å². The topological polar surface area (TPSA) is 144 Å². The molecule has 4 saturated heterocycles. The number of pyridine rings is 2. The molecule has 5 N–H and O–H groups in total. The number of carbonyl (C=O) groups is 1. The minimum Gasteiger partial charge on any atom is -0.494 e. The van der Waals surface area contributed by atoms with Gasteiger partial charge in [0.25, 0.3) is 0 Å². The Balaban J connectivity index is 0.000000236. The summed E-state index contributed by atoms with van der Waals surface area (Å²) < 4.78 is 16.4. The van der Waals surface area contributed by atoms with Crippen molar-refractivity contribution in [2.75, 3.05) is 61.7 Å². The molecule has 0 radical (unpaired) electrons. The summed E-state index contributed by atoms with van der Waals surface area (Å²) in [7, 11) is 3.30. The lowest BCUT2D eigenvalue weighted by Crippen LogP contribution is -2.56. The van der Waals surface area contributed by atoms with Crippen LogP contribution >= 0.6 is 24.8 Å². The van der Waals surface area contributed by atoms with Crippen molar-refractivity contribution < 1.29 is 19.0 Å². The molecule has 1 amide bonds. The first-order valence-corrected chi connectivity index (χ1v) is 14.4. The summed E-state index contributed by atoms with van der Waals surface area (Å²) >= 11 is 0. The van der Waals surface area contributed by atoms with E-state index in [9.17, 15) is 4.79 Å². The predicted octanol–water partition coefficient (Wildman–Crippen LogP) is 3.72. The fourth-order valence-electron chi connectivity index (χ4n) is 6.40. The molecule has 4 aliphatic heterocycles. The molecule has 0 spiro atoms. The van der Waals surface area contributed by atoms with E-state index in [4.69, 9.17) is 25.7 Å². The molecule has 4 fully saturated rings. The van der Waals surface area contributed by atoms with Gasteiger partial charge in [-0.25, -0.2) is 14.8 Å². The van der Waals surface area contributed by atoms with E-state index in [1.165, 1.54) is 12.8 Å². The van der Waals surface area contributed by atoms with Gasteiger partial charge >= 0.3 is 6.09 Å². The summed E-state index contributed by atoms with van der Waals surface area (Å²) in [5.41, 5.74) is 12.9. The van der Waals surface area contributed by atoms with Crippen LogP contribution in [0.1, 0.15) is 46.5 Å². The molecule has 4 unspecified atom stereocenters. The summed E-state index contributed by atoms with van der Waals surface area (Å²) in [6.07, 6.45) is 7.88. The van der Waals surface area contributed by atoms with Gasteiger partial charge in [-0.2, -0.15) is 0 Å². The molecule has 0 aromatic carbocycles. The molecule has 14 heteroatoms. The second-order valence-corrected chi connectivity index (χ2v) is 12.3. The van der Waals surface area contributed by atoms with E-state index < -0.39 is 5.60 Å². The molecule has 240 valence electrons. The second-order valence-electron chi connectivity index (χ2n) is 12.3. The van der Waals surface area contributed by atoms with Crippen LogP contribution in [0.15, 0.2) is 24.5 Å². The van der Waals surface area contributed by atoms with Crippen molar-refractivity contribution in [1.29, 1.82) is 0 Å². The van der Waals surface area contributed by atoms with Gasteiger partial charge < -0.3 is 40.8 Å². The zero-order valence-electron chi connectivity index (χ0n) is 25.6. The van der Waals surface area contributed by atoms with Crippen molar-refractivity contribution in [1.82, 2.24) is 20.2 Å². The lowest BCUT2D eigenvalue weighted by atomic mass is 10.1. The number of halogens is 2. The number of anilines is 4. The van der Waals surface area contributed by atoms with Crippen LogP contribution < -0.4 is 36.1 Å². The third-order valence-corrected chi connectivity index (χ3v) is 8.16. The second kappa shape index (κ2) is 14.1. The SMILES string of the molecule is COc1cc(N)ncc1N1CC2CCC(C1)N2.COc1cc(N)ncc1N1CC2CCC(C1)N2C(=O)OC(C)(C)C.Cl.Cl. The van der Waals surface area contributed by atoms with Crippen molar-refractivity contribution in [3.05, 3.63) is 24.5 Å². The van der Waals surface area contributed by atoms with E-state index in [0.29, 0.717) is 29.5 Å². The number of methoxy groups -OCH3 is 2. The molecular weight excluding hydrogens is 595 g/mol. The smallest absolute Gasteiger partial charge is 0.410 e. The molecule has 0 saturated carbocycles. The molecule has 4 aliphatic rings. The van der Waals surface area contributed by atoms with Crippen LogP contribution in [-0.4, -0.2) is 91.1 Å². The maximum absolute atomic E-state index is 12.5. The Morgan fingerprint density at radius 1 is 0.814 bits per heavy atom. The highest BCUT2D eigenvalue weighted by Crippen LogP contribution is 2.37. The Labute approximate surface area is 266 Å². The van der Waals surface area contributed by atoms with Crippen molar-refractivity contribution >= 4 is 53.9 Å². The standard InChI is InChI=1S/C17H26N4O3.C12H18N4O.2ClH/c1-17(2,3)24-16(22)21-11-5-6-12(21)10-20(9-11)13-8-19-15(18)7-14(13)23-4;1-17-11-4-12(13)14-5-10(11)16-6-8-2-3-9(7-16)15-8;;/h7-8,11-12H,5-6,9-10H2,1-4H3,(H2,18,19);4-5,8-9,15H,2-3,6-7H2,1H3,(H2,13,14);2*1H. The maximum Gasteiger partial charge on any atom is 0.410 e. The van der Waals surface area contributed by atoms with Crippen LogP contribution in [0.2, 0.25) is 0 Å². The van der Waals surface area contributed by atoms with E-state index in [1.807, 2.05) is 31.9 Å². The molecule has 4 bridgehead atoms. The maximum atomic E-state index is 12.5. The number of amides is 1. The fraction of sp³-hybridized carbons (Fsp3) is 0.621. The van der Waals surface area contributed by atoms with Gasteiger partial charge in [0.2, 0.25) is 0 Å². The van der Waals surface area contributed by atoms with E-state index in [2.05, 4.69) is 25.1 Å². The molecule has 6 heterocycles. The normalized spacial score (nSPS) is 23.8. The fourth-order valence-corrected chi connectivity index (χ4v) is 6.40. The van der Waals surface area contributed by atoms with Crippen molar-refractivity contribution in [2.45, 2.75) is 76.2 Å². The number of piperazine rings is 2. The van der Waals surface area contributed by atoms with Gasteiger partial charge in [-0.15, -0.1) is 24.8 Å². The number of fused-ring (bicyclic) bond motifs is 4. The number of rotatable bonds is 4. The van der Waals surface area contributed by atoms with E-state index in [-0.39, 0.29) is 43.0 Å². The first-order valence-electron chi connectivity index (χ1n) is 14.4. The van der Waals surface area contributed by atoms with Gasteiger partial charge in [-0.1, -0.05) is 0 Å². The highest BCUT2D eigenvalue weighted by Gasteiger charge is 2.44. The minimum atomic E-state index is -0.474. The number of aromatic nitrogens is 2. The van der Waals surface area contributed by atoms with Gasteiger partial charge in [-0.05, 0) is 46.5 Å². The first-order chi connectivity index (χ1) is 19.5. The van der Waals surface area contributed by atoms with Crippen LogP contribution in [-0.2, 0) is 4.74 Å². The number of hydrogen-bond donors (Lipinski definition) is 3. The molecular formula is C29H46Cl2N8O4. The van der Waals surface area contributed by atoms with Gasteiger partial charge in [-0.3, -0.25) is 4.90 Å². The molecule has 12 nitrogen and oxygen atoms in total. The average Bonchev–Trinajstić information content (AvgIpc) is 3.41. The van der Waals surface area contributed by atoms with Crippen molar-refractivity contribution in [2.24, 2.45) is 0 Å². The summed E-state index contributed by atoms with van der Waals surface area (Å²) in [4.78, 5) is 27.4. The highest BCUT2D eigenvalue weighted by molar-refractivity contribution is 5.85. The average molecular weight is 642 g/mol. The lowest BCUT2D eigenvalue weighted by molar-refractivity contribution is 0.0123. The summed E-state index contributed by atoms with van der Waals surface area (Å²) in [5.74, 6) is 2.47. The van der Waals surface area contributed by atoms with Gasteiger partial charge in [0.1, 0.15) is 28.7 Å². The quantitative estimate of drug-likeness (QED) is 0.449. The Morgan fingerprint density at radius 3 is 1.67 bits per heavy atom. The third-order valence-electron chi connectivity index (χ3n) is 8.16. The summed E-state index contributed by atoms with van der Waals surface area (Å²) in [6, 6.07) is 5.05. The number of carbonyl (C=O) groups excluding carboxylic acids is 1. The number of nitrogens with two attached hydrogens (primary N) is 2. The number of nitrogen functional groups attached to an aromatic ring is 2. The van der Waals surface area contributed by atoms with Crippen molar-refractivity contribution in [3.63, 3.8) is 0 Å². The number of nitrogens with zero attached hydrogens (tertiary/aromatic N) is 5. The summed E-state index contributed by atoms with van der Waals surface area (Å²) in [6.45, 7) is 9.24. The molecule has 2 aromatic rings. The Morgan fingerprint density at radius 2 is 1.26 bits per heavy atom. The molecule has 6 rings (SSSR count). The van der Waals surface area contributed by atoms with Crippen LogP contribution in [0.5, 0.6) is 11.5 Å². The lowest BCUT2D eigenvalue weighted by Gasteiger charge is -2.42. The molecule has 2 aromatic heterocycles. The van der Waals surface area contributed by atoms with Gasteiger partial charge in [0, 0.05) is 50.4 Å². The van der Waals surface area contributed by atoms with Crippen LogP contribution in [0.4, 0.5) is 27.8 Å². The van der Waals surface area contributed by atoms with Gasteiger partial charge in [0.15, 0.2) is 0 Å². The number of nitrogens with one attached hydrogen (secondary N) is 1. The van der Waals surface area contributed by atoms with Crippen LogP contribution in [0.25, 0.3) is 0 Å². The van der Waals surface area contributed by atoms with E-state index in [1.54, 1.807) is 32.5 Å². The molecule has 43 heavy (non-hydrogen) atoms. The zero-order valence-corrected chi connectivity index (χ0v) is 27.2. The highest BCUT2D eigenvalue weighted by atomic mass is 35.5. The third kappa shape index (κ3) is 7.90. The zero-order chi connectivity index (χ0) is 29.3. The Hall–Kier alpha value is -3.09. The largest absolute Gasteiger partial charge is 0.494 e. The predicted molar refractivity (Wildman–Crippen MR) is 174 cm³/mol. The monoisotopic (exact) mass is 640 g/mol. The van der Waals surface area contributed by atoms with Crippen LogP contribution in [0, 0.1) is 0 Å². The number of ether oxygens (including phenoxy) is 3. The summed E-state index contributed by atoms with van der Waals surface area (Å²) in [5, 5.41) is 3.61. The Kier molecular flexibility index (Phi) is 11.3. The van der Waals surface area contributed by atoms with Crippen molar-refractivity contribution in [3.8, 4) is 11.5 Å². The minimum absolute atomic E-state index is 0. The van der Waals surface area contributed by atoms with E-state index in [0.717, 1.165) is 56.1 Å².